The lowest BCUT2D eigenvalue weighted by molar-refractivity contribution is 0.418. The highest BCUT2D eigenvalue weighted by atomic mass is 32.1. The Bertz CT molecular complexity index is 447. The number of aromatic nitrogens is 2. The molecule has 2 heterocycles. The van der Waals surface area contributed by atoms with E-state index in [1.807, 2.05) is 12.3 Å². The lowest BCUT2D eigenvalue weighted by atomic mass is 10.2. The molecule has 2 aromatic rings. The van der Waals surface area contributed by atoms with Gasteiger partial charge in [-0.1, -0.05) is 12.1 Å². The van der Waals surface area contributed by atoms with Crippen LogP contribution in [0.5, 0.6) is 0 Å². The van der Waals surface area contributed by atoms with Crippen molar-refractivity contribution in [3.63, 3.8) is 0 Å². The molecule has 0 radical (unpaired) electrons. The summed E-state index contributed by atoms with van der Waals surface area (Å²) in [6, 6.07) is 1.89. The zero-order valence-electron chi connectivity index (χ0n) is 8.73. The van der Waals surface area contributed by atoms with E-state index in [1.165, 1.54) is 5.56 Å². The van der Waals surface area contributed by atoms with E-state index >= 15 is 0 Å². The van der Waals surface area contributed by atoms with Crippen molar-refractivity contribution in [2.75, 3.05) is 0 Å². The predicted octanol–water partition coefficient (Wildman–Crippen LogP) is 2.38. The second-order valence-corrected chi connectivity index (χ2v) is 4.29. The van der Waals surface area contributed by atoms with Gasteiger partial charge in [0.25, 0.3) is 5.89 Å². The van der Waals surface area contributed by atoms with Gasteiger partial charge in [-0.25, -0.2) is 0 Å². The summed E-state index contributed by atoms with van der Waals surface area (Å²) in [5.41, 5.74) is 6.91. The van der Waals surface area contributed by atoms with Crippen molar-refractivity contribution in [2.24, 2.45) is 5.73 Å². The topological polar surface area (TPSA) is 64.9 Å². The van der Waals surface area contributed by atoms with Gasteiger partial charge in [-0.05, 0) is 30.4 Å². The van der Waals surface area contributed by atoms with Gasteiger partial charge in [0.15, 0.2) is 5.82 Å². The van der Waals surface area contributed by atoms with Crippen molar-refractivity contribution in [3.05, 3.63) is 22.8 Å². The summed E-state index contributed by atoms with van der Waals surface area (Å²) in [5, 5.41) is 5.87. The van der Waals surface area contributed by atoms with Crippen LogP contribution >= 0.6 is 11.3 Å². The zero-order chi connectivity index (χ0) is 10.8. The van der Waals surface area contributed by atoms with E-state index < -0.39 is 0 Å². The largest absolute Gasteiger partial charge is 0.333 e. The Kier molecular flexibility index (Phi) is 2.83. The maximum atomic E-state index is 5.67. The van der Waals surface area contributed by atoms with Crippen molar-refractivity contribution >= 4 is 11.3 Å². The van der Waals surface area contributed by atoms with E-state index in [0.29, 0.717) is 11.7 Å². The molecule has 2 N–H and O–H groups in total. The molecule has 1 unspecified atom stereocenters. The van der Waals surface area contributed by atoms with Crippen LogP contribution in [0.4, 0.5) is 0 Å². The average molecular weight is 223 g/mol. The summed E-state index contributed by atoms with van der Waals surface area (Å²) >= 11 is 1.62. The normalized spacial score (nSPS) is 13.0. The Morgan fingerprint density at radius 3 is 3.00 bits per heavy atom. The summed E-state index contributed by atoms with van der Waals surface area (Å²) in [4.78, 5) is 5.32. The average Bonchev–Trinajstić information content (AvgIpc) is 2.85. The van der Waals surface area contributed by atoms with Crippen LogP contribution in [0, 0.1) is 0 Å². The molecular formula is C10H13N3OS. The monoisotopic (exact) mass is 223 g/mol. The molecule has 0 fully saturated rings. The molecule has 0 aromatic carbocycles. The van der Waals surface area contributed by atoms with Gasteiger partial charge in [0.2, 0.25) is 0 Å². The van der Waals surface area contributed by atoms with Crippen LogP contribution < -0.4 is 5.73 Å². The van der Waals surface area contributed by atoms with Crippen molar-refractivity contribution in [3.8, 4) is 10.8 Å². The molecule has 0 aliphatic carbocycles. The fraction of sp³-hybridized carbons (Fsp3) is 0.400. The van der Waals surface area contributed by atoms with E-state index in [1.54, 1.807) is 11.3 Å². The minimum atomic E-state index is -0.187. The van der Waals surface area contributed by atoms with E-state index in [0.717, 1.165) is 11.3 Å². The first kappa shape index (κ1) is 10.3. The Balaban J connectivity index is 2.37. The molecule has 15 heavy (non-hydrogen) atoms. The van der Waals surface area contributed by atoms with E-state index in [4.69, 9.17) is 10.3 Å². The Morgan fingerprint density at radius 1 is 1.60 bits per heavy atom. The highest BCUT2D eigenvalue weighted by Crippen LogP contribution is 2.28. The van der Waals surface area contributed by atoms with Crippen molar-refractivity contribution in [2.45, 2.75) is 26.3 Å². The third kappa shape index (κ3) is 1.93. The van der Waals surface area contributed by atoms with Crippen molar-refractivity contribution in [1.82, 2.24) is 10.1 Å². The number of aryl methyl sites for hydroxylation is 1. The molecule has 0 bridgehead atoms. The highest BCUT2D eigenvalue weighted by molar-refractivity contribution is 7.13. The minimum Gasteiger partial charge on any atom is -0.333 e. The lowest BCUT2D eigenvalue weighted by Gasteiger charge is -1.94. The molecule has 0 aliphatic heterocycles. The lowest BCUT2D eigenvalue weighted by Crippen LogP contribution is -2.06. The van der Waals surface area contributed by atoms with Gasteiger partial charge in [-0.3, -0.25) is 0 Å². The van der Waals surface area contributed by atoms with Gasteiger partial charge in [0.1, 0.15) is 0 Å². The van der Waals surface area contributed by atoms with Crippen LogP contribution in [0.3, 0.4) is 0 Å². The van der Waals surface area contributed by atoms with Crippen LogP contribution in [0.15, 0.2) is 16.0 Å². The molecule has 4 nitrogen and oxygen atoms in total. The summed E-state index contributed by atoms with van der Waals surface area (Å²) < 4.78 is 5.18. The van der Waals surface area contributed by atoms with Crippen molar-refractivity contribution < 1.29 is 4.52 Å². The first-order chi connectivity index (χ1) is 7.22. The molecule has 2 aromatic heterocycles. The smallest absolute Gasteiger partial charge is 0.268 e. The number of hydrogen-bond donors (Lipinski definition) is 1. The SMILES string of the molecule is CCc1ccsc1-c1nc(C(C)N)no1. The third-order valence-corrected chi connectivity index (χ3v) is 3.12. The van der Waals surface area contributed by atoms with Gasteiger partial charge in [-0.2, -0.15) is 4.98 Å². The molecule has 0 spiro atoms. The molecule has 0 aliphatic rings. The molecule has 0 saturated carbocycles. The molecule has 0 amide bonds. The van der Waals surface area contributed by atoms with Gasteiger partial charge >= 0.3 is 0 Å². The molecule has 0 saturated heterocycles. The van der Waals surface area contributed by atoms with Crippen LogP contribution in [0.1, 0.15) is 31.3 Å². The zero-order valence-corrected chi connectivity index (χ0v) is 9.54. The van der Waals surface area contributed by atoms with Crippen LogP contribution in [0.2, 0.25) is 0 Å². The fourth-order valence-corrected chi connectivity index (χ4v) is 2.23. The number of nitrogens with two attached hydrogens (primary N) is 1. The van der Waals surface area contributed by atoms with Gasteiger partial charge in [0, 0.05) is 0 Å². The van der Waals surface area contributed by atoms with E-state index in [2.05, 4.69) is 23.1 Å². The van der Waals surface area contributed by atoms with Gasteiger partial charge in [0.05, 0.1) is 10.9 Å². The Labute approximate surface area is 92.1 Å². The third-order valence-electron chi connectivity index (χ3n) is 2.17. The summed E-state index contributed by atoms with van der Waals surface area (Å²) in [7, 11) is 0. The standard InChI is InChI=1S/C10H13N3OS/c1-3-7-4-5-15-8(7)10-12-9(6(2)11)13-14-10/h4-6H,3,11H2,1-2H3. The van der Waals surface area contributed by atoms with Crippen LogP contribution in [-0.4, -0.2) is 10.1 Å². The summed E-state index contributed by atoms with van der Waals surface area (Å²) in [5.74, 6) is 1.13. The fourth-order valence-electron chi connectivity index (χ4n) is 1.31. The summed E-state index contributed by atoms with van der Waals surface area (Å²) in [6.07, 6.45) is 0.967. The van der Waals surface area contributed by atoms with Crippen LogP contribution in [-0.2, 0) is 6.42 Å². The molecule has 2 rings (SSSR count). The molecular weight excluding hydrogens is 210 g/mol. The molecule has 1 atom stereocenters. The van der Waals surface area contributed by atoms with Gasteiger partial charge < -0.3 is 10.3 Å². The van der Waals surface area contributed by atoms with Gasteiger partial charge in [-0.15, -0.1) is 11.3 Å². The highest BCUT2D eigenvalue weighted by Gasteiger charge is 2.15. The first-order valence-electron chi connectivity index (χ1n) is 4.88. The maximum Gasteiger partial charge on any atom is 0.268 e. The quantitative estimate of drug-likeness (QED) is 0.867. The predicted molar refractivity (Wildman–Crippen MR) is 59.6 cm³/mol. The molecule has 5 heteroatoms. The van der Waals surface area contributed by atoms with Crippen LogP contribution in [0.25, 0.3) is 10.8 Å². The molecule has 80 valence electrons. The van der Waals surface area contributed by atoms with Crippen molar-refractivity contribution in [1.29, 1.82) is 0 Å². The number of hydrogen-bond acceptors (Lipinski definition) is 5. The minimum absolute atomic E-state index is 0.187. The number of thiophene rings is 1. The number of nitrogens with zero attached hydrogens (tertiary/aromatic N) is 2. The summed E-state index contributed by atoms with van der Waals surface area (Å²) in [6.45, 7) is 3.94. The van der Waals surface area contributed by atoms with E-state index in [9.17, 15) is 0 Å². The Hall–Kier alpha value is -1.20. The Morgan fingerprint density at radius 2 is 2.40 bits per heavy atom. The van der Waals surface area contributed by atoms with E-state index in [-0.39, 0.29) is 6.04 Å². The first-order valence-corrected chi connectivity index (χ1v) is 5.76. The second-order valence-electron chi connectivity index (χ2n) is 3.37. The maximum absolute atomic E-state index is 5.67. The number of rotatable bonds is 3. The second kappa shape index (κ2) is 4.12.